The van der Waals surface area contributed by atoms with E-state index in [9.17, 15) is 4.79 Å². The zero-order chi connectivity index (χ0) is 12.1. The molecule has 0 saturated carbocycles. The Morgan fingerprint density at radius 1 is 1.56 bits per heavy atom. The van der Waals surface area contributed by atoms with E-state index in [4.69, 9.17) is 16.3 Å². The quantitative estimate of drug-likeness (QED) is 0.762. The summed E-state index contributed by atoms with van der Waals surface area (Å²) in [6, 6.07) is 0. The number of hydrogen-bond acceptors (Lipinski definition) is 4. The van der Waals surface area contributed by atoms with E-state index in [0.29, 0.717) is 12.4 Å². The third kappa shape index (κ3) is 3.17. The summed E-state index contributed by atoms with van der Waals surface area (Å²) >= 11 is 5.85. The molecule has 0 atom stereocenters. The molecule has 1 heterocycles. The molecule has 5 heteroatoms. The fourth-order valence-electron chi connectivity index (χ4n) is 1.07. The molecule has 0 N–H and O–H groups in total. The summed E-state index contributed by atoms with van der Waals surface area (Å²) in [6.07, 6.45) is 2.21. The molecule has 0 unspecified atom stereocenters. The third-order valence-electron chi connectivity index (χ3n) is 1.91. The first-order chi connectivity index (χ1) is 7.56. The van der Waals surface area contributed by atoms with Crippen LogP contribution in [0.25, 0.3) is 0 Å². The lowest BCUT2D eigenvalue weighted by Crippen LogP contribution is -2.11. The largest absolute Gasteiger partial charge is 0.461 e. The van der Waals surface area contributed by atoms with Gasteiger partial charge in [0.25, 0.3) is 0 Å². The molecule has 0 amide bonds. The summed E-state index contributed by atoms with van der Waals surface area (Å²) in [7, 11) is 0. The van der Waals surface area contributed by atoms with Crippen LogP contribution < -0.4 is 0 Å². The van der Waals surface area contributed by atoms with Crippen LogP contribution in [0.2, 0.25) is 5.02 Å². The summed E-state index contributed by atoms with van der Waals surface area (Å²) in [5, 5.41) is 0.227. The smallest absolute Gasteiger partial charge is 0.358 e. The fourth-order valence-corrected chi connectivity index (χ4v) is 1.23. The Hall–Kier alpha value is -1.16. The van der Waals surface area contributed by atoms with Crippen molar-refractivity contribution in [2.75, 3.05) is 6.61 Å². The molecule has 0 radical (unpaired) electrons. The molecule has 1 aromatic rings. The molecule has 0 aliphatic rings. The minimum Gasteiger partial charge on any atom is -0.461 e. The standard InChI is InChI=1S/C11H15ClN2O2/c1-4-5-16-11(15)9-8(12)6-13-10(14-9)7(2)3/h6-7H,4-5H2,1-3H3. The van der Waals surface area contributed by atoms with Crippen molar-refractivity contribution in [3.63, 3.8) is 0 Å². The van der Waals surface area contributed by atoms with Gasteiger partial charge in [-0.1, -0.05) is 32.4 Å². The summed E-state index contributed by atoms with van der Waals surface area (Å²) in [4.78, 5) is 19.8. The van der Waals surface area contributed by atoms with Crippen LogP contribution in [-0.2, 0) is 4.74 Å². The van der Waals surface area contributed by atoms with Gasteiger partial charge in [-0.25, -0.2) is 14.8 Å². The number of ether oxygens (including phenoxy) is 1. The van der Waals surface area contributed by atoms with Crippen LogP contribution in [0, 0.1) is 0 Å². The van der Waals surface area contributed by atoms with E-state index in [1.54, 1.807) is 0 Å². The maximum absolute atomic E-state index is 11.6. The minimum absolute atomic E-state index is 0.147. The lowest BCUT2D eigenvalue weighted by atomic mass is 10.2. The van der Waals surface area contributed by atoms with Gasteiger partial charge in [0, 0.05) is 5.92 Å². The van der Waals surface area contributed by atoms with Gasteiger partial charge in [-0.3, -0.25) is 0 Å². The number of halogens is 1. The average molecular weight is 243 g/mol. The van der Waals surface area contributed by atoms with Crippen molar-refractivity contribution in [3.8, 4) is 0 Å². The molecule has 1 rings (SSSR count). The van der Waals surface area contributed by atoms with E-state index in [-0.39, 0.29) is 16.6 Å². The van der Waals surface area contributed by atoms with Crippen molar-refractivity contribution >= 4 is 17.6 Å². The summed E-state index contributed by atoms with van der Waals surface area (Å²) in [6.45, 7) is 6.19. The van der Waals surface area contributed by atoms with Gasteiger partial charge in [0.05, 0.1) is 17.8 Å². The Kier molecular flexibility index (Phi) is 4.68. The van der Waals surface area contributed by atoms with Crippen molar-refractivity contribution < 1.29 is 9.53 Å². The van der Waals surface area contributed by atoms with Gasteiger partial charge in [-0.2, -0.15) is 0 Å². The van der Waals surface area contributed by atoms with E-state index < -0.39 is 5.97 Å². The van der Waals surface area contributed by atoms with Gasteiger partial charge in [-0.15, -0.1) is 0 Å². The van der Waals surface area contributed by atoms with E-state index in [1.165, 1.54) is 6.20 Å². The SMILES string of the molecule is CCCOC(=O)c1nc(C(C)C)ncc1Cl. The van der Waals surface area contributed by atoms with Crippen LogP contribution in [0.3, 0.4) is 0 Å². The van der Waals surface area contributed by atoms with Crippen molar-refractivity contribution in [1.29, 1.82) is 0 Å². The lowest BCUT2D eigenvalue weighted by molar-refractivity contribution is 0.0498. The molecular weight excluding hydrogens is 228 g/mol. The van der Waals surface area contributed by atoms with E-state index >= 15 is 0 Å². The second kappa shape index (κ2) is 5.80. The molecule has 0 aromatic carbocycles. The monoisotopic (exact) mass is 242 g/mol. The van der Waals surface area contributed by atoms with Crippen LogP contribution in [0.15, 0.2) is 6.20 Å². The van der Waals surface area contributed by atoms with Crippen molar-refractivity contribution in [2.24, 2.45) is 0 Å². The number of esters is 1. The Morgan fingerprint density at radius 3 is 2.81 bits per heavy atom. The highest BCUT2D eigenvalue weighted by Gasteiger charge is 2.16. The molecule has 0 fully saturated rings. The number of carbonyl (C=O) groups excluding carboxylic acids is 1. The Morgan fingerprint density at radius 2 is 2.25 bits per heavy atom. The molecule has 16 heavy (non-hydrogen) atoms. The van der Waals surface area contributed by atoms with Crippen molar-refractivity contribution in [2.45, 2.75) is 33.1 Å². The van der Waals surface area contributed by atoms with E-state index in [1.807, 2.05) is 20.8 Å². The zero-order valence-electron chi connectivity index (χ0n) is 9.66. The number of aromatic nitrogens is 2. The van der Waals surface area contributed by atoms with Gasteiger partial charge in [0.2, 0.25) is 0 Å². The van der Waals surface area contributed by atoms with Gasteiger partial charge < -0.3 is 4.74 Å². The predicted molar refractivity (Wildman–Crippen MR) is 61.7 cm³/mol. The molecule has 0 saturated heterocycles. The maximum atomic E-state index is 11.6. The average Bonchev–Trinajstić information content (AvgIpc) is 2.26. The molecule has 0 spiro atoms. The molecule has 0 bridgehead atoms. The molecule has 0 aliphatic carbocycles. The van der Waals surface area contributed by atoms with Crippen LogP contribution in [0.4, 0.5) is 0 Å². The van der Waals surface area contributed by atoms with Crippen LogP contribution in [-0.4, -0.2) is 22.5 Å². The highest BCUT2D eigenvalue weighted by molar-refractivity contribution is 6.33. The fraction of sp³-hybridized carbons (Fsp3) is 0.545. The van der Waals surface area contributed by atoms with Gasteiger partial charge in [0.15, 0.2) is 5.69 Å². The van der Waals surface area contributed by atoms with Crippen LogP contribution in [0.5, 0.6) is 0 Å². The summed E-state index contributed by atoms with van der Waals surface area (Å²) in [5.41, 5.74) is 0.147. The zero-order valence-corrected chi connectivity index (χ0v) is 10.4. The number of hydrogen-bond donors (Lipinski definition) is 0. The maximum Gasteiger partial charge on any atom is 0.358 e. The first-order valence-corrected chi connectivity index (χ1v) is 5.63. The molecule has 88 valence electrons. The number of rotatable bonds is 4. The first-order valence-electron chi connectivity index (χ1n) is 5.25. The summed E-state index contributed by atoms with van der Waals surface area (Å²) in [5.74, 6) is 0.249. The summed E-state index contributed by atoms with van der Waals surface area (Å²) < 4.78 is 4.98. The number of nitrogens with zero attached hydrogens (tertiary/aromatic N) is 2. The van der Waals surface area contributed by atoms with Gasteiger partial charge >= 0.3 is 5.97 Å². The van der Waals surface area contributed by atoms with Crippen molar-refractivity contribution in [1.82, 2.24) is 9.97 Å². The molecule has 0 aliphatic heterocycles. The Labute approximate surface area is 100 Å². The second-order valence-corrected chi connectivity index (χ2v) is 4.12. The highest BCUT2D eigenvalue weighted by atomic mass is 35.5. The van der Waals surface area contributed by atoms with Gasteiger partial charge in [-0.05, 0) is 6.42 Å². The topological polar surface area (TPSA) is 52.1 Å². The Bertz CT molecular complexity index is 380. The van der Waals surface area contributed by atoms with Crippen LogP contribution >= 0.6 is 11.6 Å². The molecular formula is C11H15ClN2O2. The molecule has 4 nitrogen and oxygen atoms in total. The second-order valence-electron chi connectivity index (χ2n) is 3.72. The van der Waals surface area contributed by atoms with E-state index in [0.717, 1.165) is 6.42 Å². The Balaban J connectivity index is 2.93. The van der Waals surface area contributed by atoms with Gasteiger partial charge in [0.1, 0.15) is 5.82 Å². The van der Waals surface area contributed by atoms with Crippen molar-refractivity contribution in [3.05, 3.63) is 22.7 Å². The van der Waals surface area contributed by atoms with Crippen LogP contribution in [0.1, 0.15) is 49.4 Å². The lowest BCUT2D eigenvalue weighted by Gasteiger charge is -2.07. The van der Waals surface area contributed by atoms with E-state index in [2.05, 4.69) is 9.97 Å². The molecule has 1 aromatic heterocycles. The third-order valence-corrected chi connectivity index (χ3v) is 2.19. The number of carbonyl (C=O) groups is 1. The minimum atomic E-state index is -0.490. The normalized spacial score (nSPS) is 10.6. The predicted octanol–water partition coefficient (Wildman–Crippen LogP) is 2.82. The first kappa shape index (κ1) is 12.9. The highest BCUT2D eigenvalue weighted by Crippen LogP contribution is 2.17.